The van der Waals surface area contributed by atoms with Gasteiger partial charge in [-0.05, 0) is 66.7 Å². The van der Waals surface area contributed by atoms with Gasteiger partial charge in [0.05, 0.1) is 5.69 Å². The van der Waals surface area contributed by atoms with Crippen molar-refractivity contribution in [2.75, 3.05) is 5.32 Å². The summed E-state index contributed by atoms with van der Waals surface area (Å²) >= 11 is 3.54. The quantitative estimate of drug-likeness (QED) is 0.897. The first kappa shape index (κ1) is 13.4. The highest BCUT2D eigenvalue weighted by molar-refractivity contribution is 9.10. The zero-order valence-electron chi connectivity index (χ0n) is 11.0. The molecule has 1 aromatic rings. The van der Waals surface area contributed by atoms with Crippen LogP contribution in [0.2, 0.25) is 0 Å². The zero-order valence-corrected chi connectivity index (χ0v) is 12.6. The van der Waals surface area contributed by atoms with Gasteiger partial charge in [0.15, 0.2) is 0 Å². The number of halogens is 1. The molecule has 1 fully saturated rings. The second kappa shape index (κ2) is 5.31. The smallest absolute Gasteiger partial charge is 0.242 e. The van der Waals surface area contributed by atoms with Crippen LogP contribution >= 0.6 is 15.9 Å². The van der Waals surface area contributed by atoms with Crippen molar-refractivity contribution in [3.05, 3.63) is 27.7 Å². The van der Waals surface area contributed by atoms with Crippen molar-refractivity contribution in [1.82, 2.24) is 5.32 Å². The molecule has 0 aromatic heterocycles. The summed E-state index contributed by atoms with van der Waals surface area (Å²) in [5, 5.41) is 6.29. The molecule has 0 spiro atoms. The molecule has 4 heteroatoms. The van der Waals surface area contributed by atoms with Gasteiger partial charge in [0.1, 0.15) is 6.04 Å². The highest BCUT2D eigenvalue weighted by atomic mass is 79.9. The molecule has 0 saturated heterocycles. The molecule has 3 nitrogen and oxygen atoms in total. The Hall–Kier alpha value is -1.03. The fourth-order valence-corrected chi connectivity index (χ4v) is 2.72. The molecule has 0 heterocycles. The number of rotatable bonds is 4. The van der Waals surface area contributed by atoms with Gasteiger partial charge in [-0.1, -0.05) is 6.07 Å². The molecule has 0 radical (unpaired) electrons. The molecule has 18 heavy (non-hydrogen) atoms. The lowest BCUT2D eigenvalue weighted by Gasteiger charge is -2.18. The van der Waals surface area contributed by atoms with E-state index in [0.29, 0.717) is 6.04 Å². The third-order valence-corrected chi connectivity index (χ3v) is 3.74. The van der Waals surface area contributed by atoms with E-state index in [-0.39, 0.29) is 11.9 Å². The highest BCUT2D eigenvalue weighted by Crippen LogP contribution is 2.28. The molecule has 0 bridgehead atoms. The second-order valence-corrected chi connectivity index (χ2v) is 5.94. The van der Waals surface area contributed by atoms with Gasteiger partial charge in [-0.2, -0.15) is 0 Å². The lowest BCUT2D eigenvalue weighted by Crippen LogP contribution is -2.38. The molecule has 1 unspecified atom stereocenters. The average molecular weight is 311 g/mol. The third kappa shape index (κ3) is 3.25. The van der Waals surface area contributed by atoms with Crippen LogP contribution in [0, 0.1) is 13.8 Å². The molecular formula is C14H19BrN2O. The van der Waals surface area contributed by atoms with Crippen LogP contribution in [-0.2, 0) is 4.79 Å². The molecule has 1 atom stereocenters. The van der Waals surface area contributed by atoms with Crippen LogP contribution in [0.4, 0.5) is 5.69 Å². The highest BCUT2D eigenvalue weighted by Gasteiger charge is 2.25. The molecule has 1 aromatic carbocycles. The van der Waals surface area contributed by atoms with Crippen molar-refractivity contribution in [1.29, 1.82) is 0 Å². The van der Waals surface area contributed by atoms with Gasteiger partial charge in [-0.25, -0.2) is 0 Å². The fourth-order valence-electron chi connectivity index (χ4n) is 1.93. The molecule has 1 aliphatic rings. The Labute approximate surface area is 116 Å². The van der Waals surface area contributed by atoms with Crippen LogP contribution in [-0.4, -0.2) is 18.0 Å². The summed E-state index contributed by atoms with van der Waals surface area (Å²) in [7, 11) is 0. The first-order valence-corrected chi connectivity index (χ1v) is 7.10. The summed E-state index contributed by atoms with van der Waals surface area (Å²) in [6.07, 6.45) is 2.23. The molecule has 1 amide bonds. The first-order valence-electron chi connectivity index (χ1n) is 6.31. The molecule has 98 valence electrons. The summed E-state index contributed by atoms with van der Waals surface area (Å²) in [5.74, 6) is 0.0735. The Balaban J connectivity index is 2.05. The van der Waals surface area contributed by atoms with Crippen LogP contribution < -0.4 is 10.6 Å². The first-order chi connectivity index (χ1) is 8.47. The van der Waals surface area contributed by atoms with Crippen molar-refractivity contribution in [2.24, 2.45) is 0 Å². The van der Waals surface area contributed by atoms with E-state index in [1.807, 2.05) is 13.8 Å². The fraction of sp³-hybridized carbons (Fsp3) is 0.500. The molecule has 2 rings (SSSR count). The molecule has 1 aliphatic carbocycles. The minimum Gasteiger partial charge on any atom is -0.373 e. The summed E-state index contributed by atoms with van der Waals surface area (Å²) < 4.78 is 1.01. The van der Waals surface area contributed by atoms with E-state index < -0.39 is 0 Å². The summed E-state index contributed by atoms with van der Waals surface area (Å²) in [4.78, 5) is 11.9. The summed E-state index contributed by atoms with van der Waals surface area (Å²) in [5.41, 5.74) is 3.35. The molecule has 0 aliphatic heterocycles. The average Bonchev–Trinajstić information content (AvgIpc) is 3.06. The standard InChI is InChI=1S/C14H19BrN2O/c1-8-6-9(2)13(12(15)7-8)16-10(3)14(18)17-11-4-5-11/h6-7,10-11,16H,4-5H2,1-3H3,(H,17,18). The Morgan fingerprint density at radius 3 is 2.61 bits per heavy atom. The number of anilines is 1. The van der Waals surface area contributed by atoms with Crippen molar-refractivity contribution in [3.63, 3.8) is 0 Å². The van der Waals surface area contributed by atoms with Gasteiger partial charge in [0.2, 0.25) is 5.91 Å². The maximum atomic E-state index is 11.9. The predicted octanol–water partition coefficient (Wildman–Crippen LogP) is 3.14. The minimum atomic E-state index is -0.219. The van der Waals surface area contributed by atoms with Gasteiger partial charge in [-0.3, -0.25) is 4.79 Å². The zero-order chi connectivity index (χ0) is 13.3. The van der Waals surface area contributed by atoms with Crippen LogP contribution in [0.25, 0.3) is 0 Å². The SMILES string of the molecule is Cc1cc(C)c(NC(C)C(=O)NC2CC2)c(Br)c1. The predicted molar refractivity (Wildman–Crippen MR) is 77.9 cm³/mol. The molecule has 1 saturated carbocycles. The van der Waals surface area contributed by atoms with Crippen molar-refractivity contribution in [3.8, 4) is 0 Å². The van der Waals surface area contributed by atoms with E-state index in [2.05, 4.69) is 45.6 Å². The largest absolute Gasteiger partial charge is 0.373 e. The van der Waals surface area contributed by atoms with Crippen LogP contribution in [0.1, 0.15) is 30.9 Å². The van der Waals surface area contributed by atoms with E-state index >= 15 is 0 Å². The second-order valence-electron chi connectivity index (χ2n) is 5.09. The van der Waals surface area contributed by atoms with E-state index in [9.17, 15) is 4.79 Å². The lowest BCUT2D eigenvalue weighted by atomic mass is 10.1. The van der Waals surface area contributed by atoms with Crippen LogP contribution in [0.5, 0.6) is 0 Å². The van der Waals surface area contributed by atoms with Crippen molar-refractivity contribution >= 4 is 27.5 Å². The van der Waals surface area contributed by atoms with E-state index in [1.165, 1.54) is 5.56 Å². The third-order valence-electron chi connectivity index (χ3n) is 3.11. The number of carbonyl (C=O) groups excluding carboxylic acids is 1. The number of hydrogen-bond acceptors (Lipinski definition) is 2. The van der Waals surface area contributed by atoms with Gasteiger partial charge < -0.3 is 10.6 Å². The Morgan fingerprint density at radius 1 is 1.39 bits per heavy atom. The Morgan fingerprint density at radius 2 is 2.06 bits per heavy atom. The maximum Gasteiger partial charge on any atom is 0.242 e. The van der Waals surface area contributed by atoms with Crippen molar-refractivity contribution in [2.45, 2.75) is 45.7 Å². The number of amides is 1. The Kier molecular flexibility index (Phi) is 3.95. The van der Waals surface area contributed by atoms with Gasteiger partial charge in [-0.15, -0.1) is 0 Å². The topological polar surface area (TPSA) is 41.1 Å². The number of nitrogens with one attached hydrogen (secondary N) is 2. The maximum absolute atomic E-state index is 11.9. The Bertz CT molecular complexity index is 446. The minimum absolute atomic E-state index is 0.0735. The molecule has 2 N–H and O–H groups in total. The van der Waals surface area contributed by atoms with Crippen LogP contribution in [0.3, 0.4) is 0 Å². The normalized spacial score (nSPS) is 16.2. The van der Waals surface area contributed by atoms with E-state index in [4.69, 9.17) is 0 Å². The number of hydrogen-bond donors (Lipinski definition) is 2. The number of carbonyl (C=O) groups is 1. The van der Waals surface area contributed by atoms with Gasteiger partial charge >= 0.3 is 0 Å². The van der Waals surface area contributed by atoms with Crippen LogP contribution in [0.15, 0.2) is 16.6 Å². The van der Waals surface area contributed by atoms with Crippen molar-refractivity contribution < 1.29 is 4.79 Å². The number of aryl methyl sites for hydroxylation is 2. The van der Waals surface area contributed by atoms with Gasteiger partial charge in [0, 0.05) is 10.5 Å². The summed E-state index contributed by atoms with van der Waals surface area (Å²) in [6, 6.07) is 4.35. The number of benzene rings is 1. The monoisotopic (exact) mass is 310 g/mol. The molecular weight excluding hydrogens is 292 g/mol. The van der Waals surface area contributed by atoms with E-state index in [1.54, 1.807) is 0 Å². The lowest BCUT2D eigenvalue weighted by molar-refractivity contribution is -0.121. The van der Waals surface area contributed by atoms with Gasteiger partial charge in [0.25, 0.3) is 0 Å². The summed E-state index contributed by atoms with van der Waals surface area (Å²) in [6.45, 7) is 6.00. The van der Waals surface area contributed by atoms with E-state index in [0.717, 1.165) is 28.6 Å².